The van der Waals surface area contributed by atoms with Gasteiger partial charge in [-0.15, -0.1) is 0 Å². The van der Waals surface area contributed by atoms with E-state index in [1.165, 1.54) is 0 Å². The molecule has 0 amide bonds. The van der Waals surface area contributed by atoms with E-state index >= 15 is 0 Å². The molecule has 0 heterocycles. The van der Waals surface area contributed by atoms with E-state index in [9.17, 15) is 9.27 Å². The van der Waals surface area contributed by atoms with Crippen LogP contribution in [0.2, 0.25) is 0 Å². The van der Waals surface area contributed by atoms with Gasteiger partial charge in [-0.05, 0) is 0 Å². The van der Waals surface area contributed by atoms with Gasteiger partial charge in [-0.25, -0.2) is 0 Å². The summed E-state index contributed by atoms with van der Waals surface area (Å²) in [4.78, 5) is 0. The Morgan fingerprint density at radius 1 is 2.20 bits per heavy atom. The van der Waals surface area contributed by atoms with Gasteiger partial charge in [-0.3, -0.25) is 0 Å². The summed E-state index contributed by atoms with van der Waals surface area (Å²) in [6.45, 7) is 0.331. The molecule has 0 spiro atoms. The number of hydrogen-bond acceptors (Lipinski definition) is 2. The van der Waals surface area contributed by atoms with Gasteiger partial charge in [0.2, 0.25) is 0 Å². The molecular weight excluding hydrogens is 84.6 g/mol. The van der Waals surface area contributed by atoms with Crippen molar-refractivity contribution in [2.45, 2.75) is 0 Å². The third-order valence-electron chi connectivity index (χ3n) is 0.131. The van der Waals surface area contributed by atoms with E-state index in [4.69, 9.17) is 1.34 Å². The molecule has 0 aromatic heterocycles. The number of rotatable bonds is 2. The van der Waals surface area contributed by atoms with Gasteiger partial charge in [0.15, 0.2) is 0 Å². The van der Waals surface area contributed by atoms with Crippen molar-refractivity contribution < 1.29 is 9.27 Å². The molecule has 0 bridgehead atoms. The molecule has 1 atom stereocenters. The molecule has 0 saturated heterocycles. The van der Waals surface area contributed by atoms with Crippen LogP contribution < -0.4 is 0 Å². The van der Waals surface area contributed by atoms with Crippen LogP contribution in [0.5, 0.6) is 0 Å². The summed E-state index contributed by atoms with van der Waals surface area (Å²) in [6.07, 6.45) is 0. The van der Waals surface area contributed by atoms with Gasteiger partial charge in [-0.2, -0.15) is 0 Å². The van der Waals surface area contributed by atoms with Crippen molar-refractivity contribution in [1.82, 2.24) is 0 Å². The fourth-order valence-electron chi connectivity index (χ4n) is 0. The van der Waals surface area contributed by atoms with E-state index in [-0.39, 0.29) is 7.53 Å². The molecule has 2 nitrogen and oxygen atoms in total. The molecule has 0 radical (unpaired) electrons. The van der Waals surface area contributed by atoms with Crippen LogP contribution in [0.4, 0.5) is 0 Å². The van der Waals surface area contributed by atoms with Crippen LogP contribution in [-0.4, -0.2) is 15.7 Å². The summed E-state index contributed by atoms with van der Waals surface area (Å²) in [5.41, 5.74) is 0. The van der Waals surface area contributed by atoms with Crippen LogP contribution in [0.3, 0.4) is 0 Å². The third-order valence-corrected chi connectivity index (χ3v) is 0.394. The first-order valence-electron chi connectivity index (χ1n) is 1.79. The molecule has 0 aliphatic carbocycles. The standard InChI is InChI=1S/B2H3O2P/c1-5(4)2-3/h5H,1H2/i1T. The van der Waals surface area contributed by atoms with Crippen LogP contribution in [0, 0.1) is 0 Å². The molecule has 0 rings (SSSR count). The molecule has 0 saturated carbocycles. The van der Waals surface area contributed by atoms with Gasteiger partial charge in [0, 0.05) is 0 Å². The summed E-state index contributed by atoms with van der Waals surface area (Å²) >= 11 is 0. The Bertz CT molecular complexity index is 71.9. The average Bonchev–Trinajstić information content (AvgIpc) is 1.65. The van der Waals surface area contributed by atoms with E-state index in [1.54, 1.807) is 0 Å². The molecule has 0 aliphatic heterocycles. The third kappa shape index (κ3) is 4.16. The Labute approximate surface area is 33.7 Å². The van der Waals surface area contributed by atoms with E-state index in [2.05, 4.69) is 0 Å². The number of hydrogen-bond donors (Lipinski definition) is 0. The van der Waals surface area contributed by atoms with Crippen LogP contribution in [-0.2, 0) is 9.27 Å². The van der Waals surface area contributed by atoms with E-state index < -0.39 is 7.56 Å². The average molecular weight is 89.6 g/mol. The first-order chi connectivity index (χ1) is 2.81. The van der Waals surface area contributed by atoms with Crippen molar-refractivity contribution in [1.29, 1.82) is 1.34 Å². The summed E-state index contributed by atoms with van der Waals surface area (Å²) in [7, 11) is -2.37. The molecule has 0 aromatic carbocycles. The van der Waals surface area contributed by atoms with Crippen molar-refractivity contribution in [3.05, 3.63) is 0 Å². The molecule has 0 aliphatic rings. The topological polar surface area (TPSA) is 34.1 Å². The predicted octanol–water partition coefficient (Wildman–Crippen LogP) is -0.941. The zero-order valence-corrected chi connectivity index (χ0v) is 3.60. The van der Waals surface area contributed by atoms with Crippen molar-refractivity contribution in [3.63, 3.8) is 0 Å². The molecular formula is H3B2O2P. The second kappa shape index (κ2) is 2.40. The molecule has 5 heavy (non-hydrogen) atoms. The molecule has 0 N–H and O–H groups in total. The van der Waals surface area contributed by atoms with Crippen molar-refractivity contribution in [2.24, 2.45) is 0 Å². The minimum atomic E-state index is -2.13. The van der Waals surface area contributed by atoms with Gasteiger partial charge in [0.05, 0.1) is 0 Å². The van der Waals surface area contributed by atoms with Gasteiger partial charge >= 0.3 is 32.6 Å². The molecule has 26 valence electrons. The van der Waals surface area contributed by atoms with Crippen LogP contribution in [0.25, 0.3) is 0 Å². The predicted molar refractivity (Wildman–Crippen MR) is 24.0 cm³/mol. The van der Waals surface area contributed by atoms with Gasteiger partial charge in [0.25, 0.3) is 0 Å². The Balaban J connectivity index is 3.23. The normalized spacial score (nSPS) is 14.8. The van der Waals surface area contributed by atoms with Gasteiger partial charge < -0.3 is 0 Å². The first kappa shape index (κ1) is 3.35. The Kier molecular flexibility index (Phi) is 1.61. The summed E-state index contributed by atoms with van der Waals surface area (Å²) in [5, 5.41) is 0. The quantitative estimate of drug-likeness (QED) is 0.323. The Morgan fingerprint density at radius 2 is 2.80 bits per heavy atom. The fourth-order valence-corrected chi connectivity index (χ4v) is 0. The fraction of sp³-hybridized carbons (Fsp3) is 0. The maximum absolute atomic E-state index is 9.81. The SMILES string of the molecule is [3H]B[PH](=O)B=O. The Hall–Kier alpha value is 0.160. The zero-order chi connectivity index (χ0) is 4.99. The van der Waals surface area contributed by atoms with Gasteiger partial charge in [-0.1, -0.05) is 0 Å². The maximum atomic E-state index is 9.81. The van der Waals surface area contributed by atoms with Crippen LogP contribution >= 0.6 is 7.56 Å². The second-order valence-electron chi connectivity index (χ2n) is 0.584. The summed E-state index contributed by atoms with van der Waals surface area (Å²) < 4.78 is 25.5. The van der Waals surface area contributed by atoms with Crippen molar-refractivity contribution in [3.8, 4) is 0 Å². The van der Waals surface area contributed by atoms with E-state index in [0.29, 0.717) is 6.87 Å². The van der Waals surface area contributed by atoms with Crippen LogP contribution in [0.1, 0.15) is 0 Å². The van der Waals surface area contributed by atoms with Gasteiger partial charge in [0.1, 0.15) is 0 Å². The van der Waals surface area contributed by atoms with Crippen molar-refractivity contribution >= 4 is 22.0 Å². The second-order valence-corrected chi connectivity index (χ2v) is 1.75. The van der Waals surface area contributed by atoms with Crippen LogP contribution in [0.15, 0.2) is 0 Å². The molecule has 5 heteroatoms. The Morgan fingerprint density at radius 3 is 2.80 bits per heavy atom. The summed E-state index contributed by atoms with van der Waals surface area (Å²) in [6, 6.07) is 0. The zero-order valence-electron chi connectivity index (χ0n) is 3.60. The first-order valence-corrected chi connectivity index (χ1v) is 2.77. The molecule has 0 aromatic rings. The van der Waals surface area contributed by atoms with E-state index in [1.807, 2.05) is 0 Å². The van der Waals surface area contributed by atoms with E-state index in [0.717, 1.165) is 0 Å². The van der Waals surface area contributed by atoms with Crippen molar-refractivity contribution in [2.75, 3.05) is 0 Å². The molecule has 1 unspecified atom stereocenters. The summed E-state index contributed by atoms with van der Waals surface area (Å²) in [5.74, 6) is 0. The minimum absolute atomic E-state index is 0.242. The monoisotopic (exact) mass is 90.0 g/mol. The molecule has 0 fully saturated rings.